The maximum Gasteiger partial charge on any atom is 0.177 e. The van der Waals surface area contributed by atoms with Crippen molar-refractivity contribution in [2.24, 2.45) is 0 Å². The van der Waals surface area contributed by atoms with E-state index >= 15 is 0 Å². The second-order valence-electron chi connectivity index (χ2n) is 6.84. The zero-order chi connectivity index (χ0) is 19.5. The van der Waals surface area contributed by atoms with Crippen molar-refractivity contribution in [3.05, 3.63) is 53.5 Å². The van der Waals surface area contributed by atoms with E-state index in [1.807, 2.05) is 48.0 Å². The summed E-state index contributed by atoms with van der Waals surface area (Å²) in [5.41, 5.74) is 2.84. The first-order chi connectivity index (χ1) is 13.7. The Morgan fingerprint density at radius 1 is 1.11 bits per heavy atom. The molecule has 146 valence electrons. The largest absolute Gasteiger partial charge is 0.493 e. The van der Waals surface area contributed by atoms with Gasteiger partial charge in [-0.25, -0.2) is 14.6 Å². The summed E-state index contributed by atoms with van der Waals surface area (Å²) in [6, 6.07) is 12.0. The first-order valence-electron chi connectivity index (χ1n) is 9.36. The Morgan fingerprint density at radius 3 is 2.68 bits per heavy atom. The number of hydrogen-bond donors (Lipinski definition) is 0. The zero-order valence-electron chi connectivity index (χ0n) is 16.4. The molecule has 2 aromatic heterocycles. The molecule has 0 aliphatic carbocycles. The standard InChI is InChI=1S/C21H24N4O3/c1-14-5-4-6-17(22-14)21-23-20(24-25(21)16-9-10-28-13-16)12-15-7-8-18(26-2)19(11-15)27-3/h4-8,11,16H,9-10,12-13H2,1-3H3. The quantitative estimate of drug-likeness (QED) is 0.654. The van der Waals surface area contributed by atoms with Gasteiger partial charge in [-0.3, -0.25) is 0 Å². The summed E-state index contributed by atoms with van der Waals surface area (Å²) in [5.74, 6) is 2.94. The van der Waals surface area contributed by atoms with Crippen LogP contribution in [-0.2, 0) is 11.2 Å². The Kier molecular flexibility index (Phi) is 5.25. The number of ether oxygens (including phenoxy) is 3. The first kappa shape index (κ1) is 18.4. The van der Waals surface area contributed by atoms with E-state index in [9.17, 15) is 0 Å². The number of methoxy groups -OCH3 is 2. The monoisotopic (exact) mass is 380 g/mol. The molecule has 0 bridgehead atoms. The highest BCUT2D eigenvalue weighted by atomic mass is 16.5. The van der Waals surface area contributed by atoms with E-state index in [1.165, 1.54) is 0 Å². The Labute approximate surface area is 164 Å². The third kappa shape index (κ3) is 3.71. The van der Waals surface area contributed by atoms with E-state index in [1.54, 1.807) is 14.2 Å². The van der Waals surface area contributed by atoms with Crippen LogP contribution in [0.1, 0.15) is 29.5 Å². The number of aromatic nitrogens is 4. The molecule has 0 radical (unpaired) electrons. The lowest BCUT2D eigenvalue weighted by molar-refractivity contribution is 0.184. The molecule has 28 heavy (non-hydrogen) atoms. The molecule has 1 atom stereocenters. The summed E-state index contributed by atoms with van der Waals surface area (Å²) < 4.78 is 18.3. The number of aryl methyl sites for hydroxylation is 1. The lowest BCUT2D eigenvalue weighted by atomic mass is 10.1. The number of pyridine rings is 1. The van der Waals surface area contributed by atoms with Gasteiger partial charge in [-0.1, -0.05) is 12.1 Å². The molecule has 7 nitrogen and oxygen atoms in total. The van der Waals surface area contributed by atoms with Crippen molar-refractivity contribution in [2.75, 3.05) is 27.4 Å². The topological polar surface area (TPSA) is 71.3 Å². The summed E-state index contributed by atoms with van der Waals surface area (Å²) in [4.78, 5) is 9.47. The van der Waals surface area contributed by atoms with E-state index in [0.717, 1.165) is 41.6 Å². The Bertz CT molecular complexity index is 964. The average molecular weight is 380 g/mol. The van der Waals surface area contributed by atoms with Gasteiger partial charge in [0.15, 0.2) is 23.1 Å². The Balaban J connectivity index is 1.69. The molecule has 0 amide bonds. The van der Waals surface area contributed by atoms with Crippen LogP contribution in [0.5, 0.6) is 11.5 Å². The number of hydrogen-bond acceptors (Lipinski definition) is 6. The van der Waals surface area contributed by atoms with Crippen molar-refractivity contribution >= 4 is 0 Å². The fraction of sp³-hybridized carbons (Fsp3) is 0.381. The van der Waals surface area contributed by atoms with Gasteiger partial charge in [0.1, 0.15) is 5.69 Å². The molecule has 1 aromatic carbocycles. The molecular weight excluding hydrogens is 356 g/mol. The minimum Gasteiger partial charge on any atom is -0.493 e. The lowest BCUT2D eigenvalue weighted by Gasteiger charge is -2.11. The molecule has 1 fully saturated rings. The van der Waals surface area contributed by atoms with Gasteiger partial charge in [0.05, 0.1) is 26.9 Å². The summed E-state index contributed by atoms with van der Waals surface area (Å²) in [5, 5.41) is 4.81. The van der Waals surface area contributed by atoms with Crippen LogP contribution in [0.4, 0.5) is 0 Å². The van der Waals surface area contributed by atoms with Crippen molar-refractivity contribution in [2.45, 2.75) is 25.8 Å². The molecule has 3 heterocycles. The van der Waals surface area contributed by atoms with Crippen LogP contribution in [0.2, 0.25) is 0 Å². The fourth-order valence-corrected chi connectivity index (χ4v) is 3.43. The van der Waals surface area contributed by atoms with Gasteiger partial charge in [-0.2, -0.15) is 5.10 Å². The number of rotatable bonds is 6. The van der Waals surface area contributed by atoms with Crippen LogP contribution in [-0.4, -0.2) is 47.2 Å². The van der Waals surface area contributed by atoms with Crippen molar-refractivity contribution in [1.29, 1.82) is 0 Å². The lowest BCUT2D eigenvalue weighted by Crippen LogP contribution is -2.12. The molecule has 1 aliphatic rings. The Morgan fingerprint density at radius 2 is 1.96 bits per heavy atom. The highest BCUT2D eigenvalue weighted by Gasteiger charge is 2.24. The third-order valence-electron chi connectivity index (χ3n) is 4.85. The second kappa shape index (κ2) is 7.98. The molecular formula is C21H24N4O3. The highest BCUT2D eigenvalue weighted by molar-refractivity contribution is 5.50. The molecule has 7 heteroatoms. The maximum absolute atomic E-state index is 5.57. The van der Waals surface area contributed by atoms with E-state index in [4.69, 9.17) is 24.3 Å². The van der Waals surface area contributed by atoms with Crippen LogP contribution in [0.25, 0.3) is 11.5 Å². The van der Waals surface area contributed by atoms with E-state index < -0.39 is 0 Å². The molecule has 1 aliphatic heterocycles. The molecule has 0 N–H and O–H groups in total. The Hall–Kier alpha value is -2.93. The normalized spacial score (nSPS) is 16.3. The second-order valence-corrected chi connectivity index (χ2v) is 6.84. The highest BCUT2D eigenvalue weighted by Crippen LogP contribution is 2.29. The zero-order valence-corrected chi connectivity index (χ0v) is 16.4. The van der Waals surface area contributed by atoms with Crippen molar-refractivity contribution in [3.63, 3.8) is 0 Å². The molecule has 3 aromatic rings. The molecule has 0 spiro atoms. The van der Waals surface area contributed by atoms with Crippen LogP contribution in [0.15, 0.2) is 36.4 Å². The first-order valence-corrected chi connectivity index (χ1v) is 9.36. The summed E-state index contributed by atoms with van der Waals surface area (Å²) in [7, 11) is 3.27. The van der Waals surface area contributed by atoms with E-state index in [2.05, 4.69) is 4.98 Å². The number of benzene rings is 1. The predicted molar refractivity (Wildman–Crippen MR) is 105 cm³/mol. The maximum atomic E-state index is 5.57. The molecule has 4 rings (SSSR count). The van der Waals surface area contributed by atoms with Crippen LogP contribution >= 0.6 is 0 Å². The predicted octanol–water partition coefficient (Wildman–Crippen LogP) is 3.22. The minimum absolute atomic E-state index is 0.184. The van der Waals surface area contributed by atoms with E-state index in [0.29, 0.717) is 24.5 Å². The minimum atomic E-state index is 0.184. The summed E-state index contributed by atoms with van der Waals surface area (Å²) in [6.07, 6.45) is 1.53. The van der Waals surface area contributed by atoms with E-state index in [-0.39, 0.29) is 6.04 Å². The van der Waals surface area contributed by atoms with Gasteiger partial charge >= 0.3 is 0 Å². The summed E-state index contributed by atoms with van der Waals surface area (Å²) in [6.45, 7) is 3.38. The van der Waals surface area contributed by atoms with Crippen LogP contribution in [0, 0.1) is 6.92 Å². The van der Waals surface area contributed by atoms with Crippen LogP contribution < -0.4 is 9.47 Å². The third-order valence-corrected chi connectivity index (χ3v) is 4.85. The van der Waals surface area contributed by atoms with Crippen LogP contribution in [0.3, 0.4) is 0 Å². The molecule has 1 unspecified atom stereocenters. The van der Waals surface area contributed by atoms with Gasteiger partial charge in [-0.05, 0) is 43.2 Å². The average Bonchev–Trinajstić information content (AvgIpc) is 3.37. The molecule has 0 saturated carbocycles. The van der Waals surface area contributed by atoms with Gasteiger partial charge in [0.2, 0.25) is 0 Å². The van der Waals surface area contributed by atoms with Gasteiger partial charge in [0.25, 0.3) is 0 Å². The van der Waals surface area contributed by atoms with Crippen molar-refractivity contribution in [3.8, 4) is 23.0 Å². The summed E-state index contributed by atoms with van der Waals surface area (Å²) >= 11 is 0. The van der Waals surface area contributed by atoms with Gasteiger partial charge in [0, 0.05) is 18.7 Å². The number of nitrogens with zero attached hydrogens (tertiary/aromatic N) is 4. The fourth-order valence-electron chi connectivity index (χ4n) is 3.43. The van der Waals surface area contributed by atoms with Crippen molar-refractivity contribution in [1.82, 2.24) is 19.7 Å². The SMILES string of the molecule is COc1ccc(Cc2nc(-c3cccc(C)n3)n(C3CCOC3)n2)cc1OC. The van der Waals surface area contributed by atoms with Gasteiger partial charge < -0.3 is 14.2 Å². The van der Waals surface area contributed by atoms with Crippen molar-refractivity contribution < 1.29 is 14.2 Å². The molecule has 1 saturated heterocycles. The van der Waals surface area contributed by atoms with Gasteiger partial charge in [-0.15, -0.1) is 0 Å². The smallest absolute Gasteiger partial charge is 0.177 e.